The van der Waals surface area contributed by atoms with Gasteiger partial charge in [-0.3, -0.25) is 57.7 Å². The molecule has 73 heavy (non-hydrogen) atoms. The van der Waals surface area contributed by atoms with Crippen molar-refractivity contribution in [3.63, 3.8) is 0 Å². The van der Waals surface area contributed by atoms with E-state index in [9.17, 15) is 57.8 Å². The van der Waals surface area contributed by atoms with Gasteiger partial charge >= 0.3 is 0 Å². The molecule has 0 radical (unpaired) electrons. The summed E-state index contributed by atoms with van der Waals surface area (Å²) >= 11 is 4.18. The molecule has 0 heterocycles. The number of nitrogens with one attached hydrogen (secondary N) is 9. The summed E-state index contributed by atoms with van der Waals surface area (Å²) < 4.78 is 0. The van der Waals surface area contributed by atoms with Crippen molar-refractivity contribution in [1.82, 2.24) is 47.9 Å². The Morgan fingerprint density at radius 1 is 0.589 bits per heavy atom. The molecule has 0 unspecified atom stereocenters. The number of benzene rings is 1. The topological polar surface area (TPSA) is 485 Å². The number of hydrogen-bond donors (Lipinski definition) is 17. The number of aliphatic imine (C=N–C) groups is 1. The lowest BCUT2D eigenvalue weighted by atomic mass is 10.0. The first-order chi connectivity index (χ1) is 34.4. The minimum atomic E-state index is -1.64. The smallest absolute Gasteiger partial charge is 0.245 e. The summed E-state index contributed by atoms with van der Waals surface area (Å²) in [6.45, 7) is 2.68. The highest BCUT2D eigenvalue weighted by molar-refractivity contribution is 7.80. The SMILES string of the molecule is CC(C)[C@H](N)C(=O)N[C@@H](CCC(N)=O)C(=O)NCC(=O)N[C@@H](CO)C(=O)N[C@@H](C)C(=O)N[C@@H](CS)C(=O)N[C@@H](Cc1ccccc1)C(=O)NCC(=O)N[C@@H](CCCN=C(N)N)C(=O)N[C@@H](CCCCN)C(N)=O. The summed E-state index contributed by atoms with van der Waals surface area (Å²) in [5.41, 5.74) is 33.5. The van der Waals surface area contributed by atoms with Crippen molar-refractivity contribution in [1.29, 1.82) is 0 Å². The van der Waals surface area contributed by atoms with E-state index in [0.29, 0.717) is 24.9 Å². The standard InChI is InChI=1S/C44H74N16O12S/c1-23(2)35(47)43(72)58-28(14-15-32(46)62)38(67)52-20-34(64)56-30(21-61)41(70)54-24(3)37(66)60-31(22-73)42(71)59-29(18-25-10-5-4-6-11-25)39(68)53-19-33(63)55-27(13-9-17-51-44(49)50)40(69)57-26(36(48)65)12-7-8-16-45/h4-6,10-11,23-24,26-31,35,61,73H,7-9,12-22,45,47H2,1-3H3,(H2,46,62)(H2,48,65)(H,52,67)(H,53,68)(H,54,70)(H,55,63)(H,56,64)(H,57,69)(H,58,72)(H,59,71)(H,60,66)(H4,49,50,51)/t24-,26-,27-,28-,29-,30-,31-,35-/m0/s1. The Bertz CT molecular complexity index is 2060. The van der Waals surface area contributed by atoms with Gasteiger partial charge in [0.1, 0.15) is 42.3 Å². The Hall–Kier alpha value is -7.11. The average Bonchev–Trinajstić information content (AvgIpc) is 3.34. The number of carbonyl (C=O) groups is 11. The molecular formula is C44H74N16O12S. The molecule has 0 aromatic heterocycles. The number of carbonyl (C=O) groups excluding carboxylic acids is 11. The van der Waals surface area contributed by atoms with E-state index in [-0.39, 0.29) is 62.7 Å². The summed E-state index contributed by atoms with van der Waals surface area (Å²) in [6, 6.07) is -1.87. The van der Waals surface area contributed by atoms with Crippen LogP contribution in [0.2, 0.25) is 0 Å². The summed E-state index contributed by atoms with van der Waals surface area (Å²) in [4.78, 5) is 146. The Balaban J connectivity index is 3.03. The summed E-state index contributed by atoms with van der Waals surface area (Å²) in [6.07, 6.45) is 0.920. The van der Waals surface area contributed by atoms with Crippen molar-refractivity contribution in [2.45, 2.75) is 120 Å². The maximum Gasteiger partial charge on any atom is 0.245 e. The third-order valence-electron chi connectivity index (χ3n) is 10.7. The largest absolute Gasteiger partial charge is 0.394 e. The molecule has 0 spiro atoms. The molecule has 408 valence electrons. The molecule has 11 amide bonds. The van der Waals surface area contributed by atoms with Crippen LogP contribution in [-0.2, 0) is 59.2 Å². The fourth-order valence-corrected chi connectivity index (χ4v) is 6.67. The van der Waals surface area contributed by atoms with E-state index in [0.717, 1.165) is 0 Å². The van der Waals surface area contributed by atoms with Crippen molar-refractivity contribution in [3.8, 4) is 0 Å². The molecule has 0 aliphatic carbocycles. The molecular weight excluding hydrogens is 977 g/mol. The van der Waals surface area contributed by atoms with Crippen LogP contribution in [0, 0.1) is 5.92 Å². The second-order valence-corrected chi connectivity index (χ2v) is 17.5. The van der Waals surface area contributed by atoms with Gasteiger partial charge in [0.25, 0.3) is 0 Å². The zero-order valence-electron chi connectivity index (χ0n) is 41.3. The second kappa shape index (κ2) is 34.3. The molecule has 22 N–H and O–H groups in total. The Morgan fingerprint density at radius 3 is 1.63 bits per heavy atom. The first-order valence-electron chi connectivity index (χ1n) is 23.4. The number of hydrogen-bond acceptors (Lipinski definition) is 16. The number of aliphatic hydroxyl groups is 1. The van der Waals surface area contributed by atoms with Crippen molar-refractivity contribution in [3.05, 3.63) is 35.9 Å². The van der Waals surface area contributed by atoms with E-state index in [1.54, 1.807) is 44.2 Å². The summed E-state index contributed by atoms with van der Waals surface area (Å²) in [5, 5.41) is 31.5. The van der Waals surface area contributed by atoms with E-state index in [4.69, 9.17) is 34.4 Å². The minimum absolute atomic E-state index is 0.0182. The molecule has 8 atom stereocenters. The van der Waals surface area contributed by atoms with Crippen LogP contribution in [0.4, 0.5) is 0 Å². The third-order valence-corrected chi connectivity index (χ3v) is 11.1. The van der Waals surface area contributed by atoms with Crippen molar-refractivity contribution in [2.75, 3.05) is 38.5 Å². The van der Waals surface area contributed by atoms with Crippen LogP contribution in [0.15, 0.2) is 35.3 Å². The van der Waals surface area contributed by atoms with Gasteiger partial charge in [-0.25, -0.2) is 0 Å². The first kappa shape index (κ1) is 63.9. The lowest BCUT2D eigenvalue weighted by Gasteiger charge is -2.25. The quantitative estimate of drug-likeness (QED) is 0.0130. The lowest BCUT2D eigenvalue weighted by Crippen LogP contribution is -2.59. The van der Waals surface area contributed by atoms with Crippen LogP contribution in [0.3, 0.4) is 0 Å². The molecule has 0 bridgehead atoms. The highest BCUT2D eigenvalue weighted by atomic mass is 32.1. The highest BCUT2D eigenvalue weighted by Crippen LogP contribution is 2.07. The molecule has 0 aliphatic rings. The minimum Gasteiger partial charge on any atom is -0.394 e. The summed E-state index contributed by atoms with van der Waals surface area (Å²) in [7, 11) is 0. The number of aliphatic hydroxyl groups excluding tert-OH is 1. The number of nitrogens with two attached hydrogens (primary N) is 6. The highest BCUT2D eigenvalue weighted by Gasteiger charge is 2.32. The van der Waals surface area contributed by atoms with Gasteiger partial charge in [0.05, 0.1) is 25.7 Å². The van der Waals surface area contributed by atoms with E-state index in [1.807, 2.05) is 0 Å². The number of primary amides is 2. The monoisotopic (exact) mass is 1050 g/mol. The van der Waals surface area contributed by atoms with Gasteiger partial charge in [0, 0.05) is 25.1 Å². The van der Waals surface area contributed by atoms with Gasteiger partial charge in [0.2, 0.25) is 65.0 Å². The van der Waals surface area contributed by atoms with Crippen LogP contribution < -0.4 is 82.3 Å². The molecule has 1 aromatic rings. The Kier molecular flexibility index (Phi) is 30.0. The third kappa shape index (κ3) is 25.7. The number of nitrogens with zero attached hydrogens (tertiary/aromatic N) is 1. The Labute approximate surface area is 428 Å². The second-order valence-electron chi connectivity index (χ2n) is 17.1. The van der Waals surface area contributed by atoms with Crippen molar-refractivity contribution in [2.24, 2.45) is 45.3 Å². The molecule has 1 aromatic carbocycles. The summed E-state index contributed by atoms with van der Waals surface area (Å²) in [5.74, 6) is -10.1. The van der Waals surface area contributed by atoms with Gasteiger partial charge in [-0.05, 0) is 63.5 Å². The van der Waals surface area contributed by atoms with Gasteiger partial charge in [0.15, 0.2) is 5.96 Å². The number of unbranched alkanes of at least 4 members (excludes halogenated alkanes) is 1. The normalized spacial score (nSPS) is 14.1. The van der Waals surface area contributed by atoms with Crippen molar-refractivity contribution < 1.29 is 57.8 Å². The Morgan fingerprint density at radius 2 is 1.10 bits per heavy atom. The molecule has 28 nitrogen and oxygen atoms in total. The molecule has 29 heteroatoms. The van der Waals surface area contributed by atoms with E-state index in [2.05, 4.69) is 65.5 Å². The fraction of sp³-hybridized carbons (Fsp3) is 0.591. The predicted octanol–water partition coefficient (Wildman–Crippen LogP) is -7.29. The maximum absolute atomic E-state index is 13.6. The van der Waals surface area contributed by atoms with E-state index < -0.39 is 133 Å². The molecule has 0 aliphatic heterocycles. The lowest BCUT2D eigenvalue weighted by molar-refractivity contribution is -0.135. The van der Waals surface area contributed by atoms with Gasteiger partial charge in [-0.15, -0.1) is 0 Å². The number of thiol groups is 1. The first-order valence-corrected chi connectivity index (χ1v) is 24.1. The van der Waals surface area contributed by atoms with E-state index >= 15 is 0 Å². The molecule has 0 fully saturated rings. The number of rotatable bonds is 35. The number of guanidine groups is 1. The van der Waals surface area contributed by atoms with E-state index in [1.165, 1.54) is 6.92 Å². The molecule has 1 rings (SSSR count). The van der Waals surface area contributed by atoms with Crippen LogP contribution in [0.1, 0.15) is 71.3 Å². The van der Waals surface area contributed by atoms with Gasteiger partial charge in [-0.1, -0.05) is 44.2 Å². The predicted molar refractivity (Wildman–Crippen MR) is 270 cm³/mol. The van der Waals surface area contributed by atoms with Crippen molar-refractivity contribution >= 4 is 83.6 Å². The fourth-order valence-electron chi connectivity index (χ4n) is 6.42. The van der Waals surface area contributed by atoms with Crippen LogP contribution in [0.25, 0.3) is 0 Å². The molecule has 0 saturated heterocycles. The zero-order chi connectivity index (χ0) is 55.2. The number of amides is 11. The average molecular weight is 1050 g/mol. The van der Waals surface area contributed by atoms with Crippen LogP contribution >= 0.6 is 12.6 Å². The zero-order valence-corrected chi connectivity index (χ0v) is 42.2. The van der Waals surface area contributed by atoms with Gasteiger partial charge in [-0.2, -0.15) is 12.6 Å². The molecule has 0 saturated carbocycles. The van der Waals surface area contributed by atoms with Gasteiger partial charge < -0.3 is 87.4 Å². The maximum atomic E-state index is 13.6. The van der Waals surface area contributed by atoms with Crippen LogP contribution in [-0.4, -0.2) is 163 Å². The van der Waals surface area contributed by atoms with Crippen LogP contribution in [0.5, 0.6) is 0 Å².